The standard InChI is InChI=1S/C42H20Cl10N4/c43-21-9-13-25(33(49)17-21)37-38(26-14-10-22(44)18-34(26)50)55-42(54-37,30-6-2-4-8-32(30)48)56-40(28-16-12-24(46)20-36(28)52)39(27-15-11-23(45)19-35(27)51)53-41(56)29-5-1-3-7-31(29)47/h1-20H. The van der Waals surface area contributed by atoms with Crippen LogP contribution >= 0.6 is 116 Å². The number of aliphatic imine (C=N–C) groups is 2. The highest BCUT2D eigenvalue weighted by atomic mass is 35.5. The van der Waals surface area contributed by atoms with Gasteiger partial charge in [0, 0.05) is 53.5 Å². The second-order valence-electron chi connectivity index (χ2n) is 12.5. The molecule has 0 amide bonds. The second-order valence-corrected chi connectivity index (χ2v) is 16.7. The number of halogens is 10. The third-order valence-corrected chi connectivity index (χ3v) is 11.9. The summed E-state index contributed by atoms with van der Waals surface area (Å²) in [7, 11) is 0. The van der Waals surface area contributed by atoms with Crippen LogP contribution in [0.5, 0.6) is 0 Å². The summed E-state index contributed by atoms with van der Waals surface area (Å²) in [6, 6.07) is 35.0. The average Bonchev–Trinajstić information content (AvgIpc) is 3.72. The zero-order valence-corrected chi connectivity index (χ0v) is 35.7. The molecule has 1 aliphatic heterocycles. The Balaban J connectivity index is 1.63. The Morgan fingerprint density at radius 1 is 0.393 bits per heavy atom. The smallest absolute Gasteiger partial charge is 0.263 e. The Labute approximate surface area is 371 Å². The molecule has 0 saturated heterocycles. The van der Waals surface area contributed by atoms with Gasteiger partial charge in [-0.25, -0.2) is 15.0 Å². The Bertz CT molecular complexity index is 2720. The Morgan fingerprint density at radius 2 is 0.821 bits per heavy atom. The largest absolute Gasteiger partial charge is 0.274 e. The van der Waals surface area contributed by atoms with Crippen molar-refractivity contribution in [3.05, 3.63) is 188 Å². The number of hydrogen-bond donors (Lipinski definition) is 0. The molecule has 0 N–H and O–H groups in total. The third-order valence-electron chi connectivity index (χ3n) is 9.04. The van der Waals surface area contributed by atoms with Crippen LogP contribution in [0.25, 0.3) is 33.9 Å². The Morgan fingerprint density at radius 3 is 1.29 bits per heavy atom. The fourth-order valence-electron chi connectivity index (χ4n) is 6.60. The van der Waals surface area contributed by atoms with E-state index in [-0.39, 0.29) is 0 Å². The number of rotatable bonds is 7. The van der Waals surface area contributed by atoms with E-state index in [4.69, 9.17) is 131 Å². The van der Waals surface area contributed by atoms with Crippen LogP contribution in [0.3, 0.4) is 0 Å². The molecule has 8 rings (SSSR count). The minimum atomic E-state index is -1.80. The number of benzene rings is 6. The molecule has 56 heavy (non-hydrogen) atoms. The van der Waals surface area contributed by atoms with Gasteiger partial charge in [-0.15, -0.1) is 0 Å². The van der Waals surface area contributed by atoms with E-state index in [1.807, 2.05) is 41.0 Å². The topological polar surface area (TPSA) is 42.5 Å². The van der Waals surface area contributed by atoms with Gasteiger partial charge >= 0.3 is 0 Å². The van der Waals surface area contributed by atoms with Crippen molar-refractivity contribution in [2.24, 2.45) is 9.98 Å². The summed E-state index contributed by atoms with van der Waals surface area (Å²) in [6.07, 6.45) is 0. The highest BCUT2D eigenvalue weighted by molar-refractivity contribution is 6.58. The zero-order valence-electron chi connectivity index (χ0n) is 28.1. The van der Waals surface area contributed by atoms with Gasteiger partial charge < -0.3 is 0 Å². The summed E-state index contributed by atoms with van der Waals surface area (Å²) in [6.45, 7) is 0. The first-order valence-corrected chi connectivity index (χ1v) is 20.3. The predicted molar refractivity (Wildman–Crippen MR) is 238 cm³/mol. The van der Waals surface area contributed by atoms with Crippen LogP contribution in [0.15, 0.2) is 131 Å². The summed E-state index contributed by atoms with van der Waals surface area (Å²) >= 11 is 68.1. The van der Waals surface area contributed by atoms with Crippen molar-refractivity contribution < 1.29 is 0 Å². The van der Waals surface area contributed by atoms with E-state index in [9.17, 15) is 0 Å². The van der Waals surface area contributed by atoms with Gasteiger partial charge in [0.1, 0.15) is 5.82 Å². The lowest BCUT2D eigenvalue weighted by atomic mass is 10.00. The van der Waals surface area contributed by atoms with Gasteiger partial charge in [0.05, 0.1) is 52.9 Å². The molecule has 0 unspecified atom stereocenters. The van der Waals surface area contributed by atoms with E-state index < -0.39 is 5.79 Å². The molecule has 0 saturated carbocycles. The van der Waals surface area contributed by atoms with Crippen molar-refractivity contribution in [1.29, 1.82) is 0 Å². The van der Waals surface area contributed by atoms with Crippen LogP contribution < -0.4 is 0 Å². The van der Waals surface area contributed by atoms with Gasteiger partial charge in [0.2, 0.25) is 0 Å². The van der Waals surface area contributed by atoms with Crippen LogP contribution in [-0.4, -0.2) is 21.0 Å². The molecule has 14 heteroatoms. The molecule has 0 spiro atoms. The predicted octanol–water partition coefficient (Wildman–Crippen LogP) is 16.1. The number of hydrogen-bond acceptors (Lipinski definition) is 3. The zero-order chi connectivity index (χ0) is 39.5. The molecule has 0 atom stereocenters. The van der Waals surface area contributed by atoms with Crippen molar-refractivity contribution in [3.8, 4) is 33.9 Å². The van der Waals surface area contributed by atoms with Crippen molar-refractivity contribution in [2.45, 2.75) is 5.79 Å². The van der Waals surface area contributed by atoms with Crippen molar-refractivity contribution in [1.82, 2.24) is 9.55 Å². The van der Waals surface area contributed by atoms with Crippen LogP contribution in [0.2, 0.25) is 50.2 Å². The molecule has 0 radical (unpaired) electrons. The molecule has 7 aromatic rings. The fraction of sp³-hybridized carbons (Fsp3) is 0.0238. The molecule has 1 aromatic heterocycles. The van der Waals surface area contributed by atoms with Crippen LogP contribution in [0.1, 0.15) is 16.7 Å². The first-order chi connectivity index (χ1) is 26.9. The van der Waals surface area contributed by atoms with Crippen LogP contribution in [0.4, 0.5) is 0 Å². The SMILES string of the molecule is Clc1ccc(C2=NC(c3ccccc3Cl)(n3c(-c4ccccc4Cl)nc(-c4ccc(Cl)cc4Cl)c3-c3ccc(Cl)cc3Cl)N=C2c2ccc(Cl)cc2Cl)c(Cl)c1. The minimum Gasteiger partial charge on any atom is -0.274 e. The van der Waals surface area contributed by atoms with E-state index >= 15 is 0 Å². The van der Waals surface area contributed by atoms with E-state index in [1.165, 1.54) is 0 Å². The highest BCUT2D eigenvalue weighted by Crippen LogP contribution is 2.51. The first-order valence-electron chi connectivity index (χ1n) is 16.5. The Hall–Kier alpha value is -3.23. The fourth-order valence-corrected chi connectivity index (χ4v) is 9.08. The molecule has 2 heterocycles. The van der Waals surface area contributed by atoms with Gasteiger partial charge in [-0.2, -0.15) is 0 Å². The van der Waals surface area contributed by atoms with Crippen molar-refractivity contribution >= 4 is 127 Å². The van der Waals surface area contributed by atoms with E-state index in [1.54, 1.807) is 84.9 Å². The maximum atomic E-state index is 7.22. The average molecular weight is 935 g/mol. The lowest BCUT2D eigenvalue weighted by Crippen LogP contribution is -2.32. The van der Waals surface area contributed by atoms with Gasteiger partial charge in [-0.05, 0) is 91.0 Å². The molecule has 1 aliphatic rings. The summed E-state index contributed by atoms with van der Waals surface area (Å²) < 4.78 is 1.85. The quantitative estimate of drug-likeness (QED) is 0.157. The van der Waals surface area contributed by atoms with Gasteiger partial charge in [-0.3, -0.25) is 4.57 Å². The molecule has 0 bridgehead atoms. The lowest BCUT2D eigenvalue weighted by molar-refractivity contribution is 0.409. The Kier molecular flexibility index (Phi) is 11.2. The molecule has 4 nitrogen and oxygen atoms in total. The summed E-state index contributed by atoms with van der Waals surface area (Å²) in [5.41, 5.74) is 4.68. The molecule has 6 aromatic carbocycles. The van der Waals surface area contributed by atoms with E-state index in [2.05, 4.69) is 0 Å². The summed E-state index contributed by atoms with van der Waals surface area (Å²) in [5, 5.41) is 3.69. The summed E-state index contributed by atoms with van der Waals surface area (Å²) in [5.74, 6) is -1.46. The van der Waals surface area contributed by atoms with Crippen LogP contribution in [0, 0.1) is 0 Å². The molecular formula is C42H20Cl10N4. The highest BCUT2D eigenvalue weighted by Gasteiger charge is 2.47. The molecule has 0 aliphatic carbocycles. The van der Waals surface area contributed by atoms with Crippen molar-refractivity contribution in [3.63, 3.8) is 0 Å². The summed E-state index contributed by atoms with van der Waals surface area (Å²) in [4.78, 5) is 16.5. The number of imidazole rings is 1. The minimum absolute atomic E-state index is 0.304. The number of nitrogens with zero attached hydrogens (tertiary/aromatic N) is 4. The van der Waals surface area contributed by atoms with Crippen LogP contribution in [-0.2, 0) is 5.79 Å². The maximum Gasteiger partial charge on any atom is 0.263 e. The van der Waals surface area contributed by atoms with E-state index in [0.717, 1.165) is 0 Å². The molecule has 278 valence electrons. The number of aromatic nitrogens is 2. The lowest BCUT2D eigenvalue weighted by Gasteiger charge is -2.30. The monoisotopic (exact) mass is 930 g/mol. The van der Waals surface area contributed by atoms with Gasteiger partial charge in [-0.1, -0.05) is 146 Å². The van der Waals surface area contributed by atoms with Gasteiger partial charge in [0.25, 0.3) is 5.79 Å². The second kappa shape index (κ2) is 15.8. The first kappa shape index (κ1) is 39.6. The molecule has 0 fully saturated rings. The normalized spacial score (nSPS) is 13.5. The van der Waals surface area contributed by atoms with Gasteiger partial charge in [0.15, 0.2) is 0 Å². The molecular weight excluding hydrogens is 915 g/mol. The van der Waals surface area contributed by atoms with E-state index in [0.29, 0.717) is 112 Å². The third kappa shape index (κ3) is 7.13. The maximum absolute atomic E-state index is 7.22. The van der Waals surface area contributed by atoms with Crippen molar-refractivity contribution in [2.75, 3.05) is 0 Å².